The summed E-state index contributed by atoms with van der Waals surface area (Å²) in [4.78, 5) is 12.4. The molecule has 0 fully saturated rings. The summed E-state index contributed by atoms with van der Waals surface area (Å²) in [5.74, 6) is -0.187. The third-order valence-corrected chi connectivity index (χ3v) is 3.99. The van der Waals surface area contributed by atoms with Gasteiger partial charge in [-0.05, 0) is 41.8 Å². The molecule has 2 atom stereocenters. The van der Waals surface area contributed by atoms with Gasteiger partial charge in [0.15, 0.2) is 0 Å². The van der Waals surface area contributed by atoms with Crippen molar-refractivity contribution in [3.63, 3.8) is 0 Å². The largest absolute Gasteiger partial charge is 0.399 e. The molecule has 0 spiro atoms. The maximum atomic E-state index is 12.4. The summed E-state index contributed by atoms with van der Waals surface area (Å²) in [6.45, 7) is 1.85. The summed E-state index contributed by atoms with van der Waals surface area (Å²) in [5.41, 5.74) is 9.83. The van der Waals surface area contributed by atoms with Gasteiger partial charge >= 0.3 is 0 Å². The van der Waals surface area contributed by atoms with Crippen molar-refractivity contribution >= 4 is 11.6 Å². The van der Waals surface area contributed by atoms with Gasteiger partial charge in [-0.2, -0.15) is 0 Å². The highest BCUT2D eigenvalue weighted by atomic mass is 16.3. The summed E-state index contributed by atoms with van der Waals surface area (Å²) in [7, 11) is 0. The van der Waals surface area contributed by atoms with Gasteiger partial charge in [-0.25, -0.2) is 0 Å². The zero-order valence-electron chi connectivity index (χ0n) is 11.8. The number of benzene rings is 2. The summed E-state index contributed by atoms with van der Waals surface area (Å²) in [6, 6.07) is 12.6. The van der Waals surface area contributed by atoms with Gasteiger partial charge in [0.1, 0.15) is 0 Å². The minimum absolute atomic E-state index is 0.187. The van der Waals surface area contributed by atoms with E-state index in [4.69, 9.17) is 5.73 Å². The van der Waals surface area contributed by atoms with Crippen molar-refractivity contribution in [3.8, 4) is 0 Å². The van der Waals surface area contributed by atoms with E-state index in [1.807, 2.05) is 31.2 Å². The summed E-state index contributed by atoms with van der Waals surface area (Å²) in [6.07, 6.45) is -0.0117. The number of rotatable bonds is 2. The molecule has 0 unspecified atom stereocenters. The number of carbonyl (C=O) groups excluding carboxylic acids is 1. The van der Waals surface area contributed by atoms with Gasteiger partial charge in [0, 0.05) is 17.7 Å². The molecule has 1 aliphatic carbocycles. The standard InChI is InChI=1S/C17H18N2O2/c1-10-8-12(18)6-7-13(10)17(21)19-16-14-5-3-2-4-11(14)9-15(16)20/h2-8,15-16,20H,9,18H2,1H3,(H,19,21)/t15-,16+/m0/s1. The monoisotopic (exact) mass is 282 g/mol. The van der Waals surface area contributed by atoms with Crippen LogP contribution in [0.4, 0.5) is 5.69 Å². The number of amides is 1. The van der Waals surface area contributed by atoms with E-state index in [0.29, 0.717) is 17.7 Å². The van der Waals surface area contributed by atoms with E-state index in [2.05, 4.69) is 5.32 Å². The molecular formula is C17H18N2O2. The molecule has 0 aromatic heterocycles. The number of aliphatic hydroxyl groups is 1. The van der Waals surface area contributed by atoms with Crippen molar-refractivity contribution < 1.29 is 9.90 Å². The Morgan fingerprint density at radius 2 is 2.05 bits per heavy atom. The second-order valence-corrected chi connectivity index (χ2v) is 5.50. The molecule has 0 bridgehead atoms. The van der Waals surface area contributed by atoms with E-state index < -0.39 is 6.10 Å². The fraction of sp³-hybridized carbons (Fsp3) is 0.235. The van der Waals surface area contributed by atoms with Crippen LogP contribution < -0.4 is 11.1 Å². The van der Waals surface area contributed by atoms with Crippen LogP contribution in [-0.2, 0) is 6.42 Å². The van der Waals surface area contributed by atoms with Crippen LogP contribution >= 0.6 is 0 Å². The number of hydrogen-bond acceptors (Lipinski definition) is 3. The van der Waals surface area contributed by atoms with Crippen LogP contribution in [0.3, 0.4) is 0 Å². The maximum Gasteiger partial charge on any atom is 0.252 e. The Morgan fingerprint density at radius 3 is 2.81 bits per heavy atom. The molecule has 1 aliphatic rings. The van der Waals surface area contributed by atoms with Gasteiger partial charge in [-0.1, -0.05) is 24.3 Å². The molecule has 3 rings (SSSR count). The van der Waals surface area contributed by atoms with Crippen LogP contribution in [0.5, 0.6) is 0 Å². The Kier molecular flexibility index (Phi) is 3.39. The van der Waals surface area contributed by atoms with Crippen LogP contribution in [0, 0.1) is 6.92 Å². The lowest BCUT2D eigenvalue weighted by molar-refractivity contribution is 0.0857. The smallest absolute Gasteiger partial charge is 0.252 e. The zero-order valence-corrected chi connectivity index (χ0v) is 11.8. The number of anilines is 1. The van der Waals surface area contributed by atoms with E-state index >= 15 is 0 Å². The molecule has 108 valence electrons. The third kappa shape index (κ3) is 2.50. The minimum Gasteiger partial charge on any atom is -0.399 e. The maximum absolute atomic E-state index is 12.4. The first-order valence-corrected chi connectivity index (χ1v) is 6.99. The van der Waals surface area contributed by atoms with E-state index in [9.17, 15) is 9.90 Å². The van der Waals surface area contributed by atoms with Gasteiger partial charge in [-0.3, -0.25) is 4.79 Å². The van der Waals surface area contributed by atoms with E-state index in [0.717, 1.165) is 16.7 Å². The number of aryl methyl sites for hydroxylation is 1. The van der Waals surface area contributed by atoms with Crippen molar-refractivity contribution in [1.29, 1.82) is 0 Å². The summed E-state index contributed by atoms with van der Waals surface area (Å²) in [5, 5.41) is 13.1. The number of fused-ring (bicyclic) bond motifs is 1. The average Bonchev–Trinajstić information content (AvgIpc) is 2.75. The Bertz CT molecular complexity index is 697. The second-order valence-electron chi connectivity index (χ2n) is 5.50. The van der Waals surface area contributed by atoms with Crippen molar-refractivity contribution in [2.24, 2.45) is 0 Å². The van der Waals surface area contributed by atoms with Gasteiger partial charge in [0.25, 0.3) is 5.91 Å². The molecule has 0 saturated carbocycles. The summed E-state index contributed by atoms with van der Waals surface area (Å²) < 4.78 is 0. The topological polar surface area (TPSA) is 75.4 Å². The molecule has 2 aromatic rings. The Morgan fingerprint density at radius 1 is 1.29 bits per heavy atom. The average molecular weight is 282 g/mol. The minimum atomic E-state index is -0.583. The number of aliphatic hydroxyl groups excluding tert-OH is 1. The molecule has 2 aromatic carbocycles. The van der Waals surface area contributed by atoms with E-state index in [-0.39, 0.29) is 11.9 Å². The number of nitrogens with two attached hydrogens (primary N) is 1. The van der Waals surface area contributed by atoms with Gasteiger partial charge in [0.2, 0.25) is 0 Å². The number of nitrogens with one attached hydrogen (secondary N) is 1. The van der Waals surface area contributed by atoms with Gasteiger partial charge in [-0.15, -0.1) is 0 Å². The molecule has 4 N–H and O–H groups in total. The van der Waals surface area contributed by atoms with Crippen LogP contribution in [0.2, 0.25) is 0 Å². The first-order valence-electron chi connectivity index (χ1n) is 6.99. The first-order chi connectivity index (χ1) is 10.1. The molecule has 1 amide bonds. The number of nitrogen functional groups attached to an aromatic ring is 1. The van der Waals surface area contributed by atoms with Crippen LogP contribution in [0.25, 0.3) is 0 Å². The van der Waals surface area contributed by atoms with Crippen molar-refractivity contribution in [2.75, 3.05) is 5.73 Å². The van der Waals surface area contributed by atoms with Crippen LogP contribution in [0.1, 0.15) is 33.1 Å². The molecule has 4 heteroatoms. The lowest BCUT2D eigenvalue weighted by atomic mass is 10.0. The fourth-order valence-corrected chi connectivity index (χ4v) is 2.91. The molecule has 0 saturated heterocycles. The Hall–Kier alpha value is -2.33. The molecule has 21 heavy (non-hydrogen) atoms. The molecule has 0 heterocycles. The third-order valence-electron chi connectivity index (χ3n) is 3.99. The lowest BCUT2D eigenvalue weighted by Gasteiger charge is -2.18. The molecular weight excluding hydrogens is 264 g/mol. The highest BCUT2D eigenvalue weighted by molar-refractivity contribution is 5.96. The normalized spacial score (nSPS) is 20.1. The Balaban J connectivity index is 1.85. The van der Waals surface area contributed by atoms with Crippen LogP contribution in [0.15, 0.2) is 42.5 Å². The SMILES string of the molecule is Cc1cc(N)ccc1C(=O)N[C@@H]1c2ccccc2C[C@@H]1O. The molecule has 4 nitrogen and oxygen atoms in total. The lowest BCUT2D eigenvalue weighted by Crippen LogP contribution is -2.34. The van der Waals surface area contributed by atoms with Crippen LogP contribution in [-0.4, -0.2) is 17.1 Å². The quantitative estimate of drug-likeness (QED) is 0.737. The predicted octanol–water partition coefficient (Wildman–Crippen LogP) is 1.97. The number of hydrogen-bond donors (Lipinski definition) is 3. The highest BCUT2D eigenvalue weighted by Crippen LogP contribution is 2.31. The van der Waals surface area contributed by atoms with E-state index in [1.54, 1.807) is 18.2 Å². The Labute approximate surface area is 123 Å². The van der Waals surface area contributed by atoms with Crippen molar-refractivity contribution in [1.82, 2.24) is 5.32 Å². The molecule has 0 aliphatic heterocycles. The van der Waals surface area contributed by atoms with Crippen molar-refractivity contribution in [2.45, 2.75) is 25.5 Å². The second kappa shape index (κ2) is 5.22. The first kappa shape index (κ1) is 13.6. The van der Waals surface area contributed by atoms with Gasteiger partial charge in [0.05, 0.1) is 12.1 Å². The molecule has 0 radical (unpaired) electrons. The zero-order chi connectivity index (χ0) is 15.0. The fourth-order valence-electron chi connectivity index (χ4n) is 2.91. The van der Waals surface area contributed by atoms with Gasteiger partial charge < -0.3 is 16.2 Å². The summed E-state index contributed by atoms with van der Waals surface area (Å²) >= 11 is 0. The van der Waals surface area contributed by atoms with Crippen molar-refractivity contribution in [3.05, 3.63) is 64.7 Å². The van der Waals surface area contributed by atoms with E-state index in [1.165, 1.54) is 0 Å². The predicted molar refractivity (Wildman–Crippen MR) is 82.0 cm³/mol. The highest BCUT2D eigenvalue weighted by Gasteiger charge is 2.32. The number of carbonyl (C=O) groups is 1.